The van der Waals surface area contributed by atoms with Crippen molar-refractivity contribution in [2.45, 2.75) is 33.4 Å². The number of aryl methyl sites for hydroxylation is 2. The van der Waals surface area contributed by atoms with Gasteiger partial charge in [-0.1, -0.05) is 19.1 Å². The molecule has 0 bridgehead atoms. The number of benzene rings is 2. The van der Waals surface area contributed by atoms with Crippen LogP contribution in [0.25, 0.3) is 10.9 Å². The second-order valence-corrected chi connectivity index (χ2v) is 6.03. The highest BCUT2D eigenvalue weighted by molar-refractivity contribution is 5.85. The molecule has 0 aliphatic heterocycles. The summed E-state index contributed by atoms with van der Waals surface area (Å²) in [4.78, 5) is 3.47. The Morgan fingerprint density at radius 1 is 1.08 bits per heavy atom. The maximum Gasteiger partial charge on any atom is 0.165 e. The molecule has 0 atom stereocenters. The number of aromatic nitrogens is 1. The molecule has 1 aromatic heterocycles. The van der Waals surface area contributed by atoms with Gasteiger partial charge >= 0.3 is 0 Å². The molecule has 4 heteroatoms. The van der Waals surface area contributed by atoms with E-state index in [-0.39, 0.29) is 11.6 Å². The molecule has 0 radical (unpaired) electrons. The van der Waals surface area contributed by atoms with Crippen LogP contribution in [0.4, 0.5) is 4.39 Å². The van der Waals surface area contributed by atoms with Crippen molar-refractivity contribution >= 4 is 10.9 Å². The number of H-pyrrole nitrogens is 1. The summed E-state index contributed by atoms with van der Waals surface area (Å²) in [5.41, 5.74) is 6.06. The van der Waals surface area contributed by atoms with Gasteiger partial charge in [0.2, 0.25) is 0 Å². The van der Waals surface area contributed by atoms with Crippen molar-refractivity contribution in [3.63, 3.8) is 0 Å². The lowest BCUT2D eigenvalue weighted by atomic mass is 10.1. The third kappa shape index (κ3) is 3.29. The zero-order valence-corrected chi connectivity index (χ0v) is 14.4. The van der Waals surface area contributed by atoms with Crippen LogP contribution in [0.15, 0.2) is 36.4 Å². The van der Waals surface area contributed by atoms with Crippen molar-refractivity contribution in [3.05, 3.63) is 64.6 Å². The number of hydrogen-bond donors (Lipinski definition) is 2. The molecular weight excluding hydrogens is 303 g/mol. The van der Waals surface area contributed by atoms with Crippen LogP contribution in [0.5, 0.6) is 5.75 Å². The maximum absolute atomic E-state index is 13.4. The monoisotopic (exact) mass is 326 g/mol. The molecule has 0 unspecified atom stereocenters. The second kappa shape index (κ2) is 7.05. The molecule has 1 heterocycles. The van der Waals surface area contributed by atoms with Gasteiger partial charge in [0.1, 0.15) is 0 Å². The van der Waals surface area contributed by atoms with E-state index in [1.54, 1.807) is 12.1 Å². The third-order valence-electron chi connectivity index (χ3n) is 4.45. The Hall–Kier alpha value is -2.33. The van der Waals surface area contributed by atoms with E-state index in [9.17, 15) is 4.39 Å². The minimum Gasteiger partial charge on any atom is -0.494 e. The zero-order chi connectivity index (χ0) is 17.1. The Kier molecular flexibility index (Phi) is 4.86. The summed E-state index contributed by atoms with van der Waals surface area (Å²) < 4.78 is 18.4. The average molecular weight is 326 g/mol. The fourth-order valence-corrected chi connectivity index (χ4v) is 3.06. The minimum atomic E-state index is -0.332. The molecule has 0 saturated carbocycles. The van der Waals surface area contributed by atoms with Crippen molar-refractivity contribution in [2.75, 3.05) is 7.11 Å². The summed E-state index contributed by atoms with van der Waals surface area (Å²) in [5, 5.41) is 4.69. The van der Waals surface area contributed by atoms with Crippen molar-refractivity contribution in [3.8, 4) is 5.75 Å². The summed E-state index contributed by atoms with van der Waals surface area (Å²) in [6, 6.07) is 11.5. The summed E-state index contributed by atoms with van der Waals surface area (Å²) in [7, 11) is 1.48. The number of hydrogen-bond acceptors (Lipinski definition) is 2. The van der Waals surface area contributed by atoms with E-state index in [0.29, 0.717) is 6.54 Å². The number of fused-ring (bicyclic) bond motifs is 1. The highest BCUT2D eigenvalue weighted by Gasteiger charge is 2.07. The molecule has 2 N–H and O–H groups in total. The molecule has 0 spiro atoms. The van der Waals surface area contributed by atoms with Gasteiger partial charge in [-0.05, 0) is 54.3 Å². The molecule has 126 valence electrons. The fourth-order valence-electron chi connectivity index (χ4n) is 3.06. The predicted molar refractivity (Wildman–Crippen MR) is 95.9 cm³/mol. The van der Waals surface area contributed by atoms with Crippen LogP contribution in [-0.2, 0) is 19.5 Å². The first kappa shape index (κ1) is 16.5. The van der Waals surface area contributed by atoms with Gasteiger partial charge in [0.15, 0.2) is 11.6 Å². The largest absolute Gasteiger partial charge is 0.494 e. The Bertz CT molecular complexity index is 854. The molecule has 3 aromatic rings. The van der Waals surface area contributed by atoms with E-state index in [2.05, 4.69) is 42.3 Å². The molecule has 2 aromatic carbocycles. The Morgan fingerprint density at radius 3 is 2.50 bits per heavy atom. The molecule has 0 amide bonds. The smallest absolute Gasteiger partial charge is 0.165 e. The summed E-state index contributed by atoms with van der Waals surface area (Å²) in [6.07, 6.45) is 1.01. The highest BCUT2D eigenvalue weighted by atomic mass is 19.1. The van der Waals surface area contributed by atoms with E-state index in [4.69, 9.17) is 4.74 Å². The maximum atomic E-state index is 13.4. The van der Waals surface area contributed by atoms with Gasteiger partial charge in [-0.2, -0.15) is 0 Å². The van der Waals surface area contributed by atoms with Crippen molar-refractivity contribution in [1.82, 2.24) is 10.3 Å². The van der Waals surface area contributed by atoms with Gasteiger partial charge < -0.3 is 15.0 Å². The lowest BCUT2D eigenvalue weighted by Gasteiger charge is -2.08. The normalized spacial score (nSPS) is 11.2. The Balaban J connectivity index is 1.68. The Labute approximate surface area is 141 Å². The fraction of sp³-hybridized carbons (Fsp3) is 0.300. The first-order valence-electron chi connectivity index (χ1n) is 8.25. The molecule has 3 rings (SSSR count). The summed E-state index contributed by atoms with van der Waals surface area (Å²) in [5.74, 6) is -0.0490. The van der Waals surface area contributed by atoms with E-state index in [1.165, 1.54) is 40.9 Å². The molecular formula is C20H23FN2O. The Morgan fingerprint density at radius 2 is 1.79 bits per heavy atom. The number of nitrogens with one attached hydrogen (secondary N) is 2. The van der Waals surface area contributed by atoms with Crippen LogP contribution in [0.3, 0.4) is 0 Å². The van der Waals surface area contributed by atoms with Crippen molar-refractivity contribution in [2.24, 2.45) is 0 Å². The predicted octanol–water partition coefficient (Wildman–Crippen LogP) is 4.48. The molecule has 0 saturated heterocycles. The van der Waals surface area contributed by atoms with Gasteiger partial charge in [0, 0.05) is 29.7 Å². The van der Waals surface area contributed by atoms with Crippen LogP contribution in [0, 0.1) is 12.7 Å². The summed E-state index contributed by atoms with van der Waals surface area (Å²) >= 11 is 0. The van der Waals surface area contributed by atoms with E-state index >= 15 is 0 Å². The van der Waals surface area contributed by atoms with Gasteiger partial charge in [0.05, 0.1) is 7.11 Å². The van der Waals surface area contributed by atoms with E-state index in [1.807, 2.05) is 0 Å². The van der Waals surface area contributed by atoms with Gasteiger partial charge in [0.25, 0.3) is 0 Å². The molecule has 0 fully saturated rings. The molecule has 0 aliphatic rings. The number of aromatic amines is 1. The highest BCUT2D eigenvalue weighted by Crippen LogP contribution is 2.23. The van der Waals surface area contributed by atoms with Crippen molar-refractivity contribution < 1.29 is 9.13 Å². The molecule has 0 aliphatic carbocycles. The standard InChI is InChI=1S/C20H23FN2O/c1-4-18-13(2)16-9-14(6-8-19(16)23-18)11-22-12-15-5-7-17(21)20(10-15)24-3/h5-10,22-23H,4,11-12H2,1-3H3. The summed E-state index contributed by atoms with van der Waals surface area (Å²) in [6.45, 7) is 5.76. The van der Waals surface area contributed by atoms with Crippen LogP contribution in [0.1, 0.15) is 29.3 Å². The topological polar surface area (TPSA) is 37.0 Å². The van der Waals surface area contributed by atoms with E-state index in [0.717, 1.165) is 18.5 Å². The van der Waals surface area contributed by atoms with Crippen LogP contribution in [0.2, 0.25) is 0 Å². The van der Waals surface area contributed by atoms with Gasteiger partial charge in [-0.3, -0.25) is 0 Å². The third-order valence-corrected chi connectivity index (χ3v) is 4.45. The number of rotatable bonds is 6. The lowest BCUT2D eigenvalue weighted by Crippen LogP contribution is -2.12. The molecule has 3 nitrogen and oxygen atoms in total. The first-order chi connectivity index (χ1) is 11.6. The first-order valence-corrected chi connectivity index (χ1v) is 8.25. The quantitative estimate of drug-likeness (QED) is 0.701. The lowest BCUT2D eigenvalue weighted by molar-refractivity contribution is 0.385. The van der Waals surface area contributed by atoms with Crippen LogP contribution < -0.4 is 10.1 Å². The van der Waals surface area contributed by atoms with E-state index < -0.39 is 0 Å². The van der Waals surface area contributed by atoms with Crippen LogP contribution >= 0.6 is 0 Å². The second-order valence-electron chi connectivity index (χ2n) is 6.03. The number of halogens is 1. The minimum absolute atomic E-state index is 0.283. The van der Waals surface area contributed by atoms with Gasteiger partial charge in [-0.25, -0.2) is 4.39 Å². The van der Waals surface area contributed by atoms with Crippen LogP contribution in [-0.4, -0.2) is 12.1 Å². The molecule has 24 heavy (non-hydrogen) atoms. The number of ether oxygens (including phenoxy) is 1. The number of methoxy groups -OCH3 is 1. The SMILES string of the molecule is CCc1[nH]c2ccc(CNCc3ccc(F)c(OC)c3)cc2c1C. The average Bonchev–Trinajstić information content (AvgIpc) is 2.92. The zero-order valence-electron chi connectivity index (χ0n) is 14.4. The van der Waals surface area contributed by atoms with Gasteiger partial charge in [-0.15, -0.1) is 0 Å². The van der Waals surface area contributed by atoms with Crippen molar-refractivity contribution in [1.29, 1.82) is 0 Å².